The van der Waals surface area contributed by atoms with Crippen molar-refractivity contribution in [2.45, 2.75) is 50.3 Å². The van der Waals surface area contributed by atoms with Crippen LogP contribution in [0.1, 0.15) is 44.7 Å². The normalized spacial score (nSPS) is 15.4. The molecule has 1 aliphatic heterocycles. The van der Waals surface area contributed by atoms with E-state index in [9.17, 15) is 36.3 Å². The van der Waals surface area contributed by atoms with Crippen LogP contribution in [0.25, 0.3) is 0 Å². The lowest BCUT2D eigenvalue weighted by Crippen LogP contribution is -2.49. The van der Waals surface area contributed by atoms with Crippen LogP contribution >= 0.6 is 27.5 Å². The van der Waals surface area contributed by atoms with Crippen LogP contribution in [0.2, 0.25) is 30.7 Å². The number of hydrogen-bond acceptors (Lipinski definition) is 5. The number of nitrogens with one attached hydrogen (secondary N) is 1. The molecule has 7 nitrogen and oxygen atoms in total. The highest BCUT2D eigenvalue weighted by atomic mass is 79.9. The van der Waals surface area contributed by atoms with Crippen LogP contribution in [0.5, 0.6) is 5.75 Å². The summed E-state index contributed by atoms with van der Waals surface area (Å²) in [5.41, 5.74) is -4.08. The maximum absolute atomic E-state index is 14.3. The second-order valence-corrected chi connectivity index (χ2v) is 19.1. The van der Waals surface area contributed by atoms with Crippen molar-refractivity contribution < 1.29 is 45.8 Å². The highest BCUT2D eigenvalue weighted by Crippen LogP contribution is 2.54. The summed E-state index contributed by atoms with van der Waals surface area (Å²) < 4.78 is 80.5. The average Bonchev–Trinajstić information content (AvgIpc) is 3.73. The highest BCUT2D eigenvalue weighted by molar-refractivity contribution is 9.10. The van der Waals surface area contributed by atoms with Crippen LogP contribution in [0, 0.1) is 11.6 Å². The molecule has 1 N–H and O–H groups in total. The Labute approximate surface area is 275 Å². The molecule has 3 aromatic rings. The number of alkyl halides is 3. The Hall–Kier alpha value is -3.33. The van der Waals surface area contributed by atoms with Gasteiger partial charge in [-0.15, -0.1) is 0 Å². The lowest BCUT2D eigenvalue weighted by atomic mass is 9.98. The van der Waals surface area contributed by atoms with Gasteiger partial charge in [-0.25, -0.2) is 8.78 Å². The van der Waals surface area contributed by atoms with Crippen molar-refractivity contribution in [3.05, 3.63) is 85.8 Å². The van der Waals surface area contributed by atoms with Gasteiger partial charge in [-0.3, -0.25) is 19.3 Å². The van der Waals surface area contributed by atoms with E-state index in [1.54, 1.807) is 0 Å². The van der Waals surface area contributed by atoms with Gasteiger partial charge in [0.25, 0.3) is 11.8 Å². The van der Waals surface area contributed by atoms with Crippen molar-refractivity contribution in [2.75, 3.05) is 23.6 Å². The third-order valence-corrected chi connectivity index (χ3v) is 10.3. The first kappa shape index (κ1) is 34.0. The minimum Gasteiger partial charge on any atom is -0.475 e. The summed E-state index contributed by atoms with van der Waals surface area (Å²) in [5, 5.41) is 2.25. The van der Waals surface area contributed by atoms with Crippen LogP contribution in [0.4, 0.5) is 33.3 Å². The number of fused-ring (bicyclic) bond motifs is 1. The molecular weight excluding hydrogens is 719 g/mol. The topological polar surface area (TPSA) is 84.9 Å². The molecule has 0 bridgehead atoms. The number of halogens is 7. The SMILES string of the molecule is C[Si](C)(C)CCOCN1C(=O)C2(CC2)Oc2cc(NC(=O)c3cc(F)cc(C(F)(F)F)c3)c(C(=O)c3cc(F)ccc3Cl)c(Br)c21. The van der Waals surface area contributed by atoms with E-state index in [1.807, 2.05) is 0 Å². The van der Waals surface area contributed by atoms with Crippen molar-refractivity contribution in [1.82, 2.24) is 0 Å². The maximum Gasteiger partial charge on any atom is 0.416 e. The van der Waals surface area contributed by atoms with E-state index in [1.165, 1.54) is 11.0 Å². The van der Waals surface area contributed by atoms with Crippen LogP contribution in [0.3, 0.4) is 0 Å². The zero-order chi connectivity index (χ0) is 33.8. The number of ketones is 1. The van der Waals surface area contributed by atoms with Crippen LogP contribution in [0.15, 0.2) is 46.9 Å². The lowest BCUT2D eigenvalue weighted by Gasteiger charge is -2.36. The van der Waals surface area contributed by atoms with Gasteiger partial charge in [0.2, 0.25) is 0 Å². The molecule has 15 heteroatoms. The average molecular weight is 746 g/mol. The van der Waals surface area contributed by atoms with Gasteiger partial charge >= 0.3 is 6.18 Å². The summed E-state index contributed by atoms with van der Waals surface area (Å²) in [4.78, 5) is 42.2. The van der Waals surface area contributed by atoms with E-state index in [0.29, 0.717) is 31.6 Å². The van der Waals surface area contributed by atoms with Gasteiger partial charge in [0.1, 0.15) is 29.8 Å². The largest absolute Gasteiger partial charge is 0.475 e. The number of ether oxygens (including phenoxy) is 2. The Kier molecular flexibility index (Phi) is 9.14. The van der Waals surface area contributed by atoms with Crippen LogP contribution in [-0.2, 0) is 15.7 Å². The first-order valence-electron chi connectivity index (χ1n) is 14.0. The van der Waals surface area contributed by atoms with E-state index in [-0.39, 0.29) is 50.5 Å². The smallest absolute Gasteiger partial charge is 0.416 e. The van der Waals surface area contributed by atoms with Crippen LogP contribution in [-0.4, -0.2) is 44.6 Å². The first-order chi connectivity index (χ1) is 21.4. The number of nitrogens with zero attached hydrogens (tertiary/aromatic N) is 1. The standard InChI is InChI=1S/C31H27BrClF5N2O5Si/c1-46(2,3)9-8-44-15-40-26-23(45-30(6-7-30)29(40)43)14-22(24(25(26)32)27(41)20-13-18(34)4-5-21(20)33)39-28(42)16-10-17(31(36,37)38)12-19(35)11-16/h4-5,10-14H,6-9,15H2,1-3H3,(H,39,42). The predicted octanol–water partition coefficient (Wildman–Crippen LogP) is 8.45. The summed E-state index contributed by atoms with van der Waals surface area (Å²) in [6.07, 6.45) is -4.17. The maximum atomic E-state index is 14.3. The Morgan fingerprint density at radius 3 is 2.41 bits per heavy atom. The molecule has 2 amide bonds. The van der Waals surface area contributed by atoms with Gasteiger partial charge < -0.3 is 14.8 Å². The second kappa shape index (κ2) is 12.4. The predicted molar refractivity (Wildman–Crippen MR) is 167 cm³/mol. The molecule has 0 atom stereocenters. The van der Waals surface area contributed by atoms with E-state index >= 15 is 0 Å². The molecule has 0 radical (unpaired) electrons. The van der Waals surface area contributed by atoms with Crippen molar-refractivity contribution in [1.29, 1.82) is 0 Å². The van der Waals surface area contributed by atoms with Gasteiger partial charge in [0, 0.05) is 44.7 Å². The molecule has 244 valence electrons. The van der Waals surface area contributed by atoms with Crippen LogP contribution < -0.4 is 15.0 Å². The van der Waals surface area contributed by atoms with Gasteiger partial charge in [-0.1, -0.05) is 31.2 Å². The molecule has 3 aromatic carbocycles. The number of carbonyl (C=O) groups excluding carboxylic acids is 3. The molecule has 46 heavy (non-hydrogen) atoms. The van der Waals surface area contributed by atoms with Crippen molar-refractivity contribution >= 4 is 64.6 Å². The zero-order valence-corrected chi connectivity index (χ0v) is 28.1. The Bertz CT molecular complexity index is 1760. The third kappa shape index (κ3) is 6.99. The number of carbonyl (C=O) groups is 3. The van der Waals surface area contributed by atoms with Gasteiger partial charge in [-0.05, 0) is 58.4 Å². The number of rotatable bonds is 9. The summed E-state index contributed by atoms with van der Waals surface area (Å²) in [6.45, 7) is 6.68. The summed E-state index contributed by atoms with van der Waals surface area (Å²) in [5.74, 6) is -4.54. The molecule has 0 unspecified atom stereocenters. The monoisotopic (exact) mass is 744 g/mol. The third-order valence-electron chi connectivity index (χ3n) is 7.47. The molecule has 2 aliphatic rings. The fraction of sp³-hybridized carbons (Fsp3) is 0.323. The molecular formula is C31H27BrClF5N2O5Si. The zero-order valence-electron chi connectivity index (χ0n) is 24.7. The Balaban J connectivity index is 1.63. The fourth-order valence-electron chi connectivity index (χ4n) is 4.84. The van der Waals surface area contributed by atoms with Crippen molar-refractivity contribution in [3.8, 4) is 5.75 Å². The van der Waals surface area contributed by atoms with Gasteiger partial charge in [0.15, 0.2) is 11.4 Å². The molecule has 1 saturated carbocycles. The molecule has 0 saturated heterocycles. The molecule has 1 spiro atoms. The number of hydrogen-bond donors (Lipinski definition) is 1. The molecule has 5 rings (SSSR count). The summed E-state index contributed by atoms with van der Waals surface area (Å²) in [6, 6.07) is 6.43. The molecule has 1 aliphatic carbocycles. The minimum atomic E-state index is -4.94. The fourth-order valence-corrected chi connectivity index (χ4v) is 6.60. The lowest BCUT2D eigenvalue weighted by molar-refractivity contribution is -0.137. The van der Waals surface area contributed by atoms with E-state index in [2.05, 4.69) is 40.9 Å². The number of benzene rings is 3. The van der Waals surface area contributed by atoms with E-state index < -0.39 is 60.2 Å². The minimum absolute atomic E-state index is 0.0569. The summed E-state index contributed by atoms with van der Waals surface area (Å²) in [7, 11) is -1.48. The number of anilines is 2. The Morgan fingerprint density at radius 1 is 1.09 bits per heavy atom. The molecule has 1 fully saturated rings. The number of amides is 2. The molecule has 1 heterocycles. The van der Waals surface area contributed by atoms with Gasteiger partial charge in [0.05, 0.1) is 26.3 Å². The highest BCUT2D eigenvalue weighted by Gasteiger charge is 2.58. The Morgan fingerprint density at radius 2 is 1.78 bits per heavy atom. The van der Waals surface area contributed by atoms with E-state index in [4.69, 9.17) is 21.1 Å². The second-order valence-electron chi connectivity index (χ2n) is 12.3. The molecule has 0 aromatic heterocycles. The van der Waals surface area contributed by atoms with E-state index in [0.717, 1.165) is 24.2 Å². The van der Waals surface area contributed by atoms with Crippen molar-refractivity contribution in [2.24, 2.45) is 0 Å². The van der Waals surface area contributed by atoms with Crippen molar-refractivity contribution in [3.63, 3.8) is 0 Å². The first-order valence-corrected chi connectivity index (χ1v) is 18.9. The summed E-state index contributed by atoms with van der Waals surface area (Å²) >= 11 is 9.62. The van der Waals surface area contributed by atoms with Gasteiger partial charge in [-0.2, -0.15) is 13.2 Å². The quantitative estimate of drug-likeness (QED) is 0.103.